The third-order valence-corrected chi connectivity index (χ3v) is 5.66. The number of rotatable bonds is 10. The van der Waals surface area contributed by atoms with Gasteiger partial charge in [-0.25, -0.2) is 8.42 Å². The van der Waals surface area contributed by atoms with Crippen LogP contribution in [0.5, 0.6) is 0 Å². The van der Waals surface area contributed by atoms with Gasteiger partial charge in [-0.3, -0.25) is 4.99 Å². The number of nitrogens with one attached hydrogen (secondary N) is 2. The Morgan fingerprint density at radius 1 is 1.12 bits per heavy atom. The minimum absolute atomic E-state index is 0.114. The van der Waals surface area contributed by atoms with Crippen LogP contribution in [0.2, 0.25) is 0 Å². The van der Waals surface area contributed by atoms with Gasteiger partial charge in [0.05, 0.1) is 10.6 Å². The van der Waals surface area contributed by atoms with Crippen LogP contribution in [0.25, 0.3) is 0 Å². The molecule has 0 aliphatic heterocycles. The van der Waals surface area contributed by atoms with Gasteiger partial charge in [0.15, 0.2) is 15.8 Å². The molecular formula is C19H33N3O2S. The highest BCUT2D eigenvalue weighted by molar-refractivity contribution is 7.91. The van der Waals surface area contributed by atoms with Gasteiger partial charge in [-0.1, -0.05) is 32.0 Å². The van der Waals surface area contributed by atoms with E-state index in [9.17, 15) is 8.42 Å². The fourth-order valence-corrected chi connectivity index (χ4v) is 3.72. The quantitative estimate of drug-likeness (QED) is 0.378. The maximum absolute atomic E-state index is 12.2. The van der Waals surface area contributed by atoms with E-state index in [1.165, 1.54) is 6.42 Å². The fourth-order valence-electron chi connectivity index (χ4n) is 2.40. The Kier molecular flexibility index (Phi) is 9.57. The monoisotopic (exact) mass is 367 g/mol. The molecule has 1 unspecified atom stereocenters. The molecule has 1 rings (SSSR count). The molecule has 1 atom stereocenters. The van der Waals surface area contributed by atoms with Crippen molar-refractivity contribution in [1.82, 2.24) is 10.6 Å². The Balaban J connectivity index is 2.49. The lowest BCUT2D eigenvalue weighted by molar-refractivity contribution is 0.489. The lowest BCUT2D eigenvalue weighted by Crippen LogP contribution is -2.42. The van der Waals surface area contributed by atoms with E-state index in [1.54, 1.807) is 24.3 Å². The van der Waals surface area contributed by atoms with E-state index in [-0.39, 0.29) is 5.75 Å². The van der Waals surface area contributed by atoms with Crippen molar-refractivity contribution in [3.05, 3.63) is 30.3 Å². The van der Waals surface area contributed by atoms with Gasteiger partial charge in [-0.05, 0) is 51.2 Å². The van der Waals surface area contributed by atoms with Crippen LogP contribution in [-0.4, -0.2) is 39.3 Å². The molecule has 25 heavy (non-hydrogen) atoms. The molecule has 5 nitrogen and oxygen atoms in total. The number of hydrogen-bond acceptors (Lipinski definition) is 3. The van der Waals surface area contributed by atoms with Gasteiger partial charge in [0.25, 0.3) is 0 Å². The molecule has 0 heterocycles. The predicted molar refractivity (Wildman–Crippen MR) is 106 cm³/mol. The van der Waals surface area contributed by atoms with Gasteiger partial charge in [0.2, 0.25) is 0 Å². The second-order valence-corrected chi connectivity index (χ2v) is 8.87. The van der Waals surface area contributed by atoms with Crippen molar-refractivity contribution in [2.24, 2.45) is 10.9 Å². The largest absolute Gasteiger partial charge is 0.357 e. The molecule has 1 aromatic rings. The van der Waals surface area contributed by atoms with Crippen molar-refractivity contribution in [2.45, 2.75) is 57.9 Å². The Morgan fingerprint density at radius 3 is 2.40 bits per heavy atom. The lowest BCUT2D eigenvalue weighted by atomic mass is 10.0. The summed E-state index contributed by atoms with van der Waals surface area (Å²) in [6.45, 7) is 9.88. The van der Waals surface area contributed by atoms with E-state index in [0.29, 0.717) is 29.8 Å². The molecule has 2 N–H and O–H groups in total. The molecule has 1 aromatic carbocycles. The van der Waals surface area contributed by atoms with Crippen LogP contribution in [0.15, 0.2) is 40.2 Å². The first-order valence-corrected chi connectivity index (χ1v) is 10.8. The van der Waals surface area contributed by atoms with Gasteiger partial charge in [-0.15, -0.1) is 0 Å². The average molecular weight is 368 g/mol. The molecule has 0 saturated heterocycles. The van der Waals surface area contributed by atoms with E-state index in [2.05, 4.69) is 36.4 Å². The van der Waals surface area contributed by atoms with Crippen molar-refractivity contribution >= 4 is 15.8 Å². The lowest BCUT2D eigenvalue weighted by Gasteiger charge is -2.18. The van der Waals surface area contributed by atoms with E-state index in [0.717, 1.165) is 18.9 Å². The number of nitrogens with zero attached hydrogens (tertiary/aromatic N) is 1. The maximum atomic E-state index is 12.2. The van der Waals surface area contributed by atoms with Crippen LogP contribution in [0.4, 0.5) is 0 Å². The molecule has 0 spiro atoms. The van der Waals surface area contributed by atoms with Crippen molar-refractivity contribution in [3.8, 4) is 0 Å². The Morgan fingerprint density at radius 2 is 1.80 bits per heavy atom. The van der Waals surface area contributed by atoms with Crippen LogP contribution in [-0.2, 0) is 9.84 Å². The molecule has 6 heteroatoms. The van der Waals surface area contributed by atoms with E-state index in [1.807, 2.05) is 13.0 Å². The zero-order valence-corrected chi connectivity index (χ0v) is 16.8. The molecular weight excluding hydrogens is 334 g/mol. The highest BCUT2D eigenvalue weighted by Crippen LogP contribution is 2.11. The first-order valence-electron chi connectivity index (χ1n) is 9.17. The summed E-state index contributed by atoms with van der Waals surface area (Å²) >= 11 is 0. The van der Waals surface area contributed by atoms with Gasteiger partial charge in [0, 0.05) is 19.1 Å². The van der Waals surface area contributed by atoms with Crippen LogP contribution < -0.4 is 10.6 Å². The SMILES string of the molecule is CCNC(=NCCCS(=O)(=O)c1ccccc1)NC(C)CCC(C)C. The third-order valence-electron chi connectivity index (χ3n) is 3.85. The molecule has 0 aromatic heterocycles. The third kappa shape index (κ3) is 8.91. The summed E-state index contributed by atoms with van der Waals surface area (Å²) in [4.78, 5) is 4.89. The number of aliphatic imine (C=N–C) groups is 1. The maximum Gasteiger partial charge on any atom is 0.191 e. The summed E-state index contributed by atoms with van der Waals surface area (Å²) in [6.07, 6.45) is 2.77. The van der Waals surface area contributed by atoms with Gasteiger partial charge in [-0.2, -0.15) is 0 Å². The zero-order valence-electron chi connectivity index (χ0n) is 16.0. The van der Waals surface area contributed by atoms with Gasteiger partial charge in [0.1, 0.15) is 0 Å². The van der Waals surface area contributed by atoms with Gasteiger partial charge < -0.3 is 10.6 Å². The summed E-state index contributed by atoms with van der Waals surface area (Å²) in [6, 6.07) is 8.93. The number of guanidine groups is 1. The van der Waals surface area contributed by atoms with E-state index < -0.39 is 9.84 Å². The summed E-state index contributed by atoms with van der Waals surface area (Å²) in [7, 11) is -3.22. The summed E-state index contributed by atoms with van der Waals surface area (Å²) in [5.41, 5.74) is 0. The Labute approximate surface area is 153 Å². The van der Waals surface area contributed by atoms with Crippen LogP contribution >= 0.6 is 0 Å². The summed E-state index contributed by atoms with van der Waals surface area (Å²) < 4.78 is 24.5. The highest BCUT2D eigenvalue weighted by Gasteiger charge is 2.13. The van der Waals surface area contributed by atoms with E-state index >= 15 is 0 Å². The van der Waals surface area contributed by atoms with Crippen LogP contribution in [0.1, 0.15) is 47.0 Å². The fraction of sp³-hybridized carbons (Fsp3) is 0.632. The second kappa shape index (κ2) is 11.1. The normalized spacial score (nSPS) is 13.7. The topological polar surface area (TPSA) is 70.6 Å². The average Bonchev–Trinajstić information content (AvgIpc) is 2.58. The number of sulfone groups is 1. The van der Waals surface area contributed by atoms with E-state index in [4.69, 9.17) is 0 Å². The molecule has 142 valence electrons. The second-order valence-electron chi connectivity index (χ2n) is 6.76. The predicted octanol–water partition coefficient (Wildman–Crippen LogP) is 3.23. The highest BCUT2D eigenvalue weighted by atomic mass is 32.2. The van der Waals surface area contributed by atoms with Crippen LogP contribution in [0, 0.1) is 5.92 Å². The first-order chi connectivity index (χ1) is 11.8. The standard InChI is InChI=1S/C19H33N3O2S/c1-5-20-19(22-17(4)13-12-16(2)3)21-14-9-15-25(23,24)18-10-7-6-8-11-18/h6-8,10-11,16-17H,5,9,12-15H2,1-4H3,(H2,20,21,22). The Hall–Kier alpha value is -1.56. The molecule has 0 amide bonds. The number of benzene rings is 1. The van der Waals surface area contributed by atoms with Gasteiger partial charge >= 0.3 is 0 Å². The van der Waals surface area contributed by atoms with Crippen molar-refractivity contribution in [1.29, 1.82) is 0 Å². The summed E-state index contributed by atoms with van der Waals surface area (Å²) in [5.74, 6) is 1.56. The molecule has 0 aliphatic rings. The minimum atomic E-state index is -3.22. The molecule has 0 bridgehead atoms. The van der Waals surface area contributed by atoms with Crippen molar-refractivity contribution in [3.63, 3.8) is 0 Å². The minimum Gasteiger partial charge on any atom is -0.357 e. The number of hydrogen-bond donors (Lipinski definition) is 2. The summed E-state index contributed by atoms with van der Waals surface area (Å²) in [5, 5.41) is 6.61. The van der Waals surface area contributed by atoms with Crippen LogP contribution in [0.3, 0.4) is 0 Å². The molecule has 0 saturated carbocycles. The zero-order chi connectivity index (χ0) is 18.7. The van der Waals surface area contributed by atoms with Crippen molar-refractivity contribution < 1.29 is 8.42 Å². The molecule has 0 radical (unpaired) electrons. The smallest absolute Gasteiger partial charge is 0.191 e. The van der Waals surface area contributed by atoms with Crippen molar-refractivity contribution in [2.75, 3.05) is 18.8 Å². The Bertz CT molecular complexity index is 613. The molecule has 0 aliphatic carbocycles. The molecule has 0 fully saturated rings. The first kappa shape index (κ1) is 21.5.